The van der Waals surface area contributed by atoms with Gasteiger partial charge in [-0.15, -0.1) is 0 Å². The number of aromatic nitrogens is 1. The van der Waals surface area contributed by atoms with Crippen molar-refractivity contribution in [2.45, 2.75) is 37.1 Å². The van der Waals surface area contributed by atoms with Crippen LogP contribution in [0.4, 0.5) is 5.69 Å². The Morgan fingerprint density at radius 1 is 1.48 bits per heavy atom. The number of hydrogen-bond donors (Lipinski definition) is 2. The van der Waals surface area contributed by atoms with Gasteiger partial charge in [-0.05, 0) is 38.9 Å². The van der Waals surface area contributed by atoms with E-state index in [4.69, 9.17) is 0 Å². The highest BCUT2D eigenvalue weighted by atomic mass is 32.2. The van der Waals surface area contributed by atoms with E-state index < -0.39 is 10.0 Å². The molecule has 0 saturated carbocycles. The van der Waals surface area contributed by atoms with Crippen molar-refractivity contribution in [3.63, 3.8) is 0 Å². The molecule has 1 fully saturated rings. The summed E-state index contributed by atoms with van der Waals surface area (Å²) in [5.41, 5.74) is 0.614. The summed E-state index contributed by atoms with van der Waals surface area (Å²) in [6, 6.07) is 1.67. The van der Waals surface area contributed by atoms with Crippen LogP contribution in [0.2, 0.25) is 0 Å². The minimum absolute atomic E-state index is 0.0343. The quantitative estimate of drug-likeness (QED) is 0.827. The first-order chi connectivity index (χ1) is 10.0. The van der Waals surface area contributed by atoms with Gasteiger partial charge in [0.2, 0.25) is 10.0 Å². The number of nitrogens with zero attached hydrogens (tertiary/aromatic N) is 2. The van der Waals surface area contributed by atoms with Crippen molar-refractivity contribution in [2.24, 2.45) is 0 Å². The molecule has 1 aliphatic heterocycles. The molecule has 0 bridgehead atoms. The molecule has 2 rings (SSSR count). The molecule has 2 heterocycles. The molecule has 0 radical (unpaired) electrons. The fraction of sp³-hybridized carbons (Fsp3) is 0.643. The van der Waals surface area contributed by atoms with E-state index in [2.05, 4.69) is 19.9 Å². The Balaban J connectivity index is 2.15. The lowest BCUT2D eigenvalue weighted by molar-refractivity contribution is 0.242. The second kappa shape index (κ2) is 7.20. The van der Waals surface area contributed by atoms with Crippen molar-refractivity contribution >= 4 is 15.7 Å². The van der Waals surface area contributed by atoms with Gasteiger partial charge in [0.15, 0.2) is 0 Å². The molecule has 7 heteroatoms. The highest BCUT2D eigenvalue weighted by Crippen LogP contribution is 2.21. The summed E-state index contributed by atoms with van der Waals surface area (Å²) >= 11 is 0. The summed E-state index contributed by atoms with van der Waals surface area (Å²) in [5.74, 6) is 0. The van der Waals surface area contributed by atoms with E-state index in [0.717, 1.165) is 38.9 Å². The number of likely N-dealkylation sites (N-methyl/N-ethyl adjacent to an activating group) is 1. The third-order valence-corrected chi connectivity index (χ3v) is 5.13. The number of piperidine rings is 1. The molecule has 21 heavy (non-hydrogen) atoms. The molecule has 1 aromatic rings. The van der Waals surface area contributed by atoms with Gasteiger partial charge in [0.1, 0.15) is 4.90 Å². The van der Waals surface area contributed by atoms with E-state index in [1.165, 1.54) is 6.20 Å². The first-order valence-electron chi connectivity index (χ1n) is 7.41. The van der Waals surface area contributed by atoms with E-state index >= 15 is 0 Å². The van der Waals surface area contributed by atoms with Gasteiger partial charge in [-0.25, -0.2) is 13.1 Å². The fourth-order valence-electron chi connectivity index (χ4n) is 2.55. The summed E-state index contributed by atoms with van der Waals surface area (Å²) in [7, 11) is -1.53. The molecule has 1 atom stereocenters. The first kappa shape index (κ1) is 16.2. The minimum Gasteiger partial charge on any atom is -0.384 e. The smallest absolute Gasteiger partial charge is 0.244 e. The number of pyridine rings is 1. The van der Waals surface area contributed by atoms with E-state index in [1.54, 1.807) is 12.3 Å². The zero-order valence-electron chi connectivity index (χ0n) is 12.7. The molecule has 0 amide bonds. The van der Waals surface area contributed by atoms with Crippen LogP contribution >= 0.6 is 0 Å². The topological polar surface area (TPSA) is 74.3 Å². The Morgan fingerprint density at radius 2 is 2.29 bits per heavy atom. The highest BCUT2D eigenvalue weighted by molar-refractivity contribution is 7.89. The van der Waals surface area contributed by atoms with Gasteiger partial charge in [0.25, 0.3) is 0 Å². The summed E-state index contributed by atoms with van der Waals surface area (Å²) in [6.45, 7) is 4.54. The zero-order chi connectivity index (χ0) is 15.3. The lowest BCUT2D eigenvalue weighted by Gasteiger charge is -2.30. The number of nitrogens with one attached hydrogen (secondary N) is 2. The van der Waals surface area contributed by atoms with Crippen LogP contribution in [-0.4, -0.2) is 51.0 Å². The number of sulfonamides is 1. The monoisotopic (exact) mass is 312 g/mol. The van der Waals surface area contributed by atoms with Crippen LogP contribution in [0.15, 0.2) is 23.4 Å². The summed E-state index contributed by atoms with van der Waals surface area (Å²) in [5, 5.41) is 3.15. The summed E-state index contributed by atoms with van der Waals surface area (Å²) in [4.78, 5) is 6.34. The molecule has 2 N–H and O–H groups in total. The van der Waals surface area contributed by atoms with Gasteiger partial charge in [0, 0.05) is 31.5 Å². The van der Waals surface area contributed by atoms with Crippen LogP contribution in [0.1, 0.15) is 26.2 Å². The van der Waals surface area contributed by atoms with Crippen molar-refractivity contribution in [3.05, 3.63) is 18.5 Å². The maximum absolute atomic E-state index is 12.6. The lowest BCUT2D eigenvalue weighted by Crippen LogP contribution is -2.46. The average Bonchev–Trinajstić information content (AvgIpc) is 2.45. The Labute approximate surface area is 127 Å². The Hall–Kier alpha value is -1.18. The van der Waals surface area contributed by atoms with Crippen LogP contribution in [0, 0.1) is 0 Å². The molecular formula is C14H24N4O2S. The molecule has 118 valence electrons. The van der Waals surface area contributed by atoms with Crippen LogP contribution in [0.3, 0.4) is 0 Å². The van der Waals surface area contributed by atoms with Gasteiger partial charge in [-0.2, -0.15) is 0 Å². The average molecular weight is 312 g/mol. The van der Waals surface area contributed by atoms with E-state index in [-0.39, 0.29) is 10.9 Å². The Bertz CT molecular complexity index is 562. The standard InChI is InChI=1S/C14H24N4O2S/c1-3-7-16-13-6-8-15-10-14(13)21(19,20)17-12-5-4-9-18(2)11-12/h6,8,10,12,17H,3-5,7,9,11H2,1-2H3,(H,15,16). The molecule has 0 aliphatic carbocycles. The second-order valence-electron chi connectivity index (χ2n) is 5.52. The van der Waals surface area contributed by atoms with Crippen molar-refractivity contribution in [1.29, 1.82) is 0 Å². The summed E-state index contributed by atoms with van der Waals surface area (Å²) < 4.78 is 28.0. The largest absolute Gasteiger partial charge is 0.384 e. The maximum Gasteiger partial charge on any atom is 0.244 e. The van der Waals surface area contributed by atoms with Crippen molar-refractivity contribution in [1.82, 2.24) is 14.6 Å². The Kier molecular flexibility index (Phi) is 5.55. The molecule has 0 spiro atoms. The Morgan fingerprint density at radius 3 is 3.00 bits per heavy atom. The first-order valence-corrected chi connectivity index (χ1v) is 8.90. The molecular weight excluding hydrogens is 288 g/mol. The molecule has 6 nitrogen and oxygen atoms in total. The predicted octanol–water partition coefficient (Wildman–Crippen LogP) is 1.28. The third-order valence-electron chi connectivity index (χ3n) is 3.59. The molecule has 1 aromatic heterocycles. The normalized spacial score (nSPS) is 20.4. The number of anilines is 1. The van der Waals surface area contributed by atoms with E-state index in [0.29, 0.717) is 5.69 Å². The summed E-state index contributed by atoms with van der Waals surface area (Å²) in [6.07, 6.45) is 5.83. The predicted molar refractivity (Wildman–Crippen MR) is 83.9 cm³/mol. The van der Waals surface area contributed by atoms with Crippen LogP contribution in [-0.2, 0) is 10.0 Å². The SMILES string of the molecule is CCCNc1ccncc1S(=O)(=O)NC1CCCN(C)C1. The number of likely N-dealkylation sites (tertiary alicyclic amines) is 1. The highest BCUT2D eigenvalue weighted by Gasteiger charge is 2.25. The third kappa shape index (κ3) is 4.39. The van der Waals surface area contributed by atoms with Crippen LogP contribution < -0.4 is 10.0 Å². The van der Waals surface area contributed by atoms with Crippen LogP contribution in [0.25, 0.3) is 0 Å². The second-order valence-corrected chi connectivity index (χ2v) is 7.20. The minimum atomic E-state index is -3.55. The van der Waals surface area contributed by atoms with Gasteiger partial charge >= 0.3 is 0 Å². The van der Waals surface area contributed by atoms with E-state index in [9.17, 15) is 8.42 Å². The van der Waals surface area contributed by atoms with Crippen molar-refractivity contribution < 1.29 is 8.42 Å². The zero-order valence-corrected chi connectivity index (χ0v) is 13.5. The number of rotatable bonds is 6. The molecule has 0 aromatic carbocycles. The van der Waals surface area contributed by atoms with Gasteiger partial charge in [-0.3, -0.25) is 4.98 Å². The van der Waals surface area contributed by atoms with Gasteiger partial charge < -0.3 is 10.2 Å². The van der Waals surface area contributed by atoms with Crippen LogP contribution in [0.5, 0.6) is 0 Å². The van der Waals surface area contributed by atoms with Crippen molar-refractivity contribution in [2.75, 3.05) is 32.0 Å². The maximum atomic E-state index is 12.6. The molecule has 1 unspecified atom stereocenters. The van der Waals surface area contributed by atoms with Gasteiger partial charge in [-0.1, -0.05) is 6.92 Å². The number of hydrogen-bond acceptors (Lipinski definition) is 5. The van der Waals surface area contributed by atoms with Crippen molar-refractivity contribution in [3.8, 4) is 0 Å². The van der Waals surface area contributed by atoms with Gasteiger partial charge in [0.05, 0.1) is 5.69 Å². The fourth-order valence-corrected chi connectivity index (χ4v) is 3.93. The van der Waals surface area contributed by atoms with E-state index in [1.807, 2.05) is 14.0 Å². The lowest BCUT2D eigenvalue weighted by atomic mass is 10.1. The molecule has 1 saturated heterocycles. The molecule has 1 aliphatic rings.